The Balaban J connectivity index is 2.06. The van der Waals surface area contributed by atoms with Gasteiger partial charge in [-0.05, 0) is 48.9 Å². The summed E-state index contributed by atoms with van der Waals surface area (Å²) < 4.78 is 5.93. The van der Waals surface area contributed by atoms with Gasteiger partial charge < -0.3 is 10.5 Å². The summed E-state index contributed by atoms with van der Waals surface area (Å²) in [6.45, 7) is 1.94. The quantitative estimate of drug-likeness (QED) is 0.701. The molecule has 0 saturated heterocycles. The van der Waals surface area contributed by atoms with Crippen molar-refractivity contribution in [1.29, 1.82) is 0 Å². The number of nitrogens with zero attached hydrogens (tertiary/aromatic N) is 1. The van der Waals surface area contributed by atoms with Crippen molar-refractivity contribution in [2.24, 2.45) is 0 Å². The fraction of sp³-hybridized carbons (Fsp3) is 0.0625. The van der Waals surface area contributed by atoms with Crippen molar-refractivity contribution in [3.05, 3.63) is 59.2 Å². The molecule has 20 heavy (non-hydrogen) atoms. The molecule has 0 spiro atoms. The minimum Gasteiger partial charge on any atom is -0.457 e. The molecular weight excluding hydrogens is 272 g/mol. The summed E-state index contributed by atoms with van der Waals surface area (Å²) in [7, 11) is 0. The van der Waals surface area contributed by atoms with E-state index in [2.05, 4.69) is 4.98 Å². The number of hydrogen-bond donors (Lipinski definition) is 1. The predicted molar refractivity (Wildman–Crippen MR) is 82.4 cm³/mol. The molecule has 3 aromatic rings. The molecule has 4 heteroatoms. The molecule has 0 bridgehead atoms. The van der Waals surface area contributed by atoms with Crippen molar-refractivity contribution in [1.82, 2.24) is 4.98 Å². The highest BCUT2D eigenvalue weighted by atomic mass is 35.5. The molecule has 2 N–H and O–H groups in total. The van der Waals surface area contributed by atoms with E-state index in [4.69, 9.17) is 22.1 Å². The first kappa shape index (κ1) is 12.8. The lowest BCUT2D eigenvalue weighted by molar-refractivity contribution is 0.487. The molecule has 0 aliphatic heterocycles. The number of ether oxygens (including phenoxy) is 1. The van der Waals surface area contributed by atoms with Crippen molar-refractivity contribution in [3.63, 3.8) is 0 Å². The number of para-hydroxylation sites is 1. The van der Waals surface area contributed by atoms with Gasteiger partial charge in [0.15, 0.2) is 0 Å². The molecule has 0 saturated carbocycles. The van der Waals surface area contributed by atoms with Gasteiger partial charge in [-0.3, -0.25) is 4.98 Å². The van der Waals surface area contributed by atoms with E-state index in [1.54, 1.807) is 6.20 Å². The van der Waals surface area contributed by atoms with E-state index >= 15 is 0 Å². The number of halogens is 1. The second kappa shape index (κ2) is 5.02. The van der Waals surface area contributed by atoms with Crippen molar-refractivity contribution >= 4 is 28.2 Å². The maximum Gasteiger partial charge on any atom is 0.138 e. The Hall–Kier alpha value is -2.26. The third kappa shape index (κ3) is 2.28. The first-order valence-electron chi connectivity index (χ1n) is 6.22. The van der Waals surface area contributed by atoms with Gasteiger partial charge in [-0.1, -0.05) is 17.7 Å². The summed E-state index contributed by atoms with van der Waals surface area (Å²) in [4.78, 5) is 4.29. The summed E-state index contributed by atoms with van der Waals surface area (Å²) in [5, 5.41) is 1.61. The van der Waals surface area contributed by atoms with E-state index in [1.807, 2.05) is 49.4 Å². The van der Waals surface area contributed by atoms with Crippen LogP contribution in [-0.4, -0.2) is 4.98 Å². The van der Waals surface area contributed by atoms with Crippen LogP contribution in [0.25, 0.3) is 10.9 Å². The number of fused-ring (bicyclic) bond motifs is 1. The monoisotopic (exact) mass is 284 g/mol. The highest BCUT2D eigenvalue weighted by molar-refractivity contribution is 6.31. The Bertz CT molecular complexity index is 787. The Labute approximate surface area is 122 Å². The van der Waals surface area contributed by atoms with Crippen LogP contribution < -0.4 is 10.5 Å². The van der Waals surface area contributed by atoms with Crippen LogP contribution in [0.5, 0.6) is 11.5 Å². The van der Waals surface area contributed by atoms with Crippen LogP contribution in [0, 0.1) is 6.92 Å². The average molecular weight is 285 g/mol. The SMILES string of the molecule is Cc1cc(Oc2ccnc3c(N)cccc23)ccc1Cl. The molecule has 0 radical (unpaired) electrons. The van der Waals surface area contributed by atoms with Gasteiger partial charge in [0.05, 0.1) is 11.2 Å². The standard InChI is InChI=1S/C16H13ClN2O/c1-10-9-11(5-6-13(10)17)20-15-7-8-19-16-12(15)3-2-4-14(16)18/h2-9H,18H2,1H3. The molecule has 0 aliphatic rings. The van der Waals surface area contributed by atoms with E-state index in [0.717, 1.165) is 33.0 Å². The lowest BCUT2D eigenvalue weighted by atomic mass is 10.2. The molecule has 2 aromatic carbocycles. The van der Waals surface area contributed by atoms with Crippen molar-refractivity contribution in [2.45, 2.75) is 6.92 Å². The van der Waals surface area contributed by atoms with Crippen molar-refractivity contribution in [3.8, 4) is 11.5 Å². The summed E-state index contributed by atoms with van der Waals surface area (Å²) in [6.07, 6.45) is 1.69. The van der Waals surface area contributed by atoms with Crippen LogP contribution in [0.2, 0.25) is 5.02 Å². The normalized spacial score (nSPS) is 10.7. The number of rotatable bonds is 2. The lowest BCUT2D eigenvalue weighted by Crippen LogP contribution is -1.92. The average Bonchev–Trinajstić information content (AvgIpc) is 2.44. The van der Waals surface area contributed by atoms with E-state index in [-0.39, 0.29) is 0 Å². The smallest absolute Gasteiger partial charge is 0.138 e. The number of aromatic nitrogens is 1. The maximum absolute atomic E-state index is 6.02. The Morgan fingerprint density at radius 3 is 2.80 bits per heavy atom. The Morgan fingerprint density at radius 2 is 2.00 bits per heavy atom. The number of benzene rings is 2. The van der Waals surface area contributed by atoms with Gasteiger partial charge in [-0.15, -0.1) is 0 Å². The van der Waals surface area contributed by atoms with Crippen LogP contribution >= 0.6 is 11.6 Å². The van der Waals surface area contributed by atoms with Crippen LogP contribution in [0.15, 0.2) is 48.7 Å². The van der Waals surface area contributed by atoms with Gasteiger partial charge in [0.2, 0.25) is 0 Å². The highest BCUT2D eigenvalue weighted by Crippen LogP contribution is 2.32. The zero-order chi connectivity index (χ0) is 14.1. The summed E-state index contributed by atoms with van der Waals surface area (Å²) in [5.74, 6) is 1.46. The molecule has 0 amide bonds. The molecule has 0 aliphatic carbocycles. The second-order valence-corrected chi connectivity index (χ2v) is 4.97. The number of aryl methyl sites for hydroxylation is 1. The molecule has 1 aromatic heterocycles. The molecule has 3 rings (SSSR count). The van der Waals surface area contributed by atoms with Crippen molar-refractivity contribution < 1.29 is 4.74 Å². The third-order valence-corrected chi connectivity index (χ3v) is 3.54. The molecule has 100 valence electrons. The summed E-state index contributed by atoms with van der Waals surface area (Å²) >= 11 is 6.02. The fourth-order valence-electron chi connectivity index (χ4n) is 2.07. The number of hydrogen-bond acceptors (Lipinski definition) is 3. The van der Waals surface area contributed by atoms with Crippen molar-refractivity contribution in [2.75, 3.05) is 5.73 Å². The van der Waals surface area contributed by atoms with E-state index < -0.39 is 0 Å². The van der Waals surface area contributed by atoms with Crippen LogP contribution in [0.4, 0.5) is 5.69 Å². The summed E-state index contributed by atoms with van der Waals surface area (Å²) in [6, 6.07) is 13.0. The van der Waals surface area contributed by atoms with Crippen LogP contribution in [0.1, 0.15) is 5.56 Å². The first-order valence-corrected chi connectivity index (χ1v) is 6.60. The van der Waals surface area contributed by atoms with Gasteiger partial charge in [0.1, 0.15) is 11.5 Å². The number of nitrogen functional groups attached to an aromatic ring is 1. The zero-order valence-electron chi connectivity index (χ0n) is 10.9. The number of anilines is 1. The van der Waals surface area contributed by atoms with Gasteiger partial charge in [0, 0.05) is 16.6 Å². The van der Waals surface area contributed by atoms with E-state index in [9.17, 15) is 0 Å². The number of pyridine rings is 1. The largest absolute Gasteiger partial charge is 0.457 e. The Kier molecular flexibility index (Phi) is 3.20. The molecule has 0 atom stereocenters. The molecule has 1 heterocycles. The first-order chi connectivity index (χ1) is 9.65. The van der Waals surface area contributed by atoms with Gasteiger partial charge in [-0.2, -0.15) is 0 Å². The van der Waals surface area contributed by atoms with Crippen LogP contribution in [0.3, 0.4) is 0 Å². The zero-order valence-corrected chi connectivity index (χ0v) is 11.7. The minimum absolute atomic E-state index is 0.639. The maximum atomic E-state index is 6.02. The van der Waals surface area contributed by atoms with E-state index in [1.165, 1.54) is 0 Å². The van der Waals surface area contributed by atoms with Gasteiger partial charge in [0.25, 0.3) is 0 Å². The minimum atomic E-state index is 0.639. The lowest BCUT2D eigenvalue weighted by Gasteiger charge is -2.10. The van der Waals surface area contributed by atoms with Crippen LogP contribution in [-0.2, 0) is 0 Å². The molecule has 0 unspecified atom stereocenters. The summed E-state index contributed by atoms with van der Waals surface area (Å²) in [5.41, 5.74) is 8.29. The Morgan fingerprint density at radius 1 is 1.15 bits per heavy atom. The number of nitrogens with two attached hydrogens (primary N) is 1. The predicted octanol–water partition coefficient (Wildman–Crippen LogP) is 4.57. The molecule has 0 fully saturated rings. The van der Waals surface area contributed by atoms with Gasteiger partial charge >= 0.3 is 0 Å². The second-order valence-electron chi connectivity index (χ2n) is 4.57. The molecular formula is C16H13ClN2O. The topological polar surface area (TPSA) is 48.1 Å². The third-order valence-electron chi connectivity index (χ3n) is 3.12. The fourth-order valence-corrected chi connectivity index (χ4v) is 2.19. The van der Waals surface area contributed by atoms with Gasteiger partial charge in [-0.25, -0.2) is 0 Å². The molecule has 3 nitrogen and oxygen atoms in total. The van der Waals surface area contributed by atoms with E-state index in [0.29, 0.717) is 5.69 Å². The highest BCUT2D eigenvalue weighted by Gasteiger charge is 2.07.